The van der Waals surface area contributed by atoms with Gasteiger partial charge in [-0.2, -0.15) is 0 Å². The van der Waals surface area contributed by atoms with E-state index in [9.17, 15) is 13.2 Å². The molecule has 5 nitrogen and oxygen atoms in total. The number of rotatable bonds is 7. The van der Waals surface area contributed by atoms with E-state index in [1.807, 2.05) is 0 Å². The summed E-state index contributed by atoms with van der Waals surface area (Å²) in [5.41, 5.74) is 0.864. The third-order valence-electron chi connectivity index (χ3n) is 2.50. The van der Waals surface area contributed by atoms with Crippen molar-refractivity contribution in [3.63, 3.8) is 0 Å². The van der Waals surface area contributed by atoms with Gasteiger partial charge in [-0.05, 0) is 18.6 Å². The summed E-state index contributed by atoms with van der Waals surface area (Å²) in [7, 11) is -3.36. The van der Waals surface area contributed by atoms with Crippen molar-refractivity contribution in [3.05, 3.63) is 24.3 Å². The van der Waals surface area contributed by atoms with E-state index in [1.54, 1.807) is 24.3 Å². The summed E-state index contributed by atoms with van der Waals surface area (Å²) in [6.45, 7) is 2.07. The number of anilines is 2. The van der Waals surface area contributed by atoms with Crippen molar-refractivity contribution in [1.82, 2.24) is 0 Å². The van der Waals surface area contributed by atoms with Crippen molar-refractivity contribution >= 4 is 27.3 Å². The second-order valence-corrected chi connectivity index (χ2v) is 6.17. The Bertz CT molecular complexity index is 526. The Kier molecular flexibility index (Phi) is 5.82. The van der Waals surface area contributed by atoms with Crippen molar-refractivity contribution < 1.29 is 13.2 Å². The molecule has 0 aliphatic rings. The van der Waals surface area contributed by atoms with Crippen LogP contribution in [0, 0.1) is 0 Å². The zero-order valence-corrected chi connectivity index (χ0v) is 12.1. The van der Waals surface area contributed by atoms with Crippen molar-refractivity contribution in [2.45, 2.75) is 32.6 Å². The van der Waals surface area contributed by atoms with Gasteiger partial charge in [0.25, 0.3) is 0 Å². The first-order valence-corrected chi connectivity index (χ1v) is 8.18. The van der Waals surface area contributed by atoms with Crippen LogP contribution in [0.5, 0.6) is 0 Å². The molecule has 0 atom stereocenters. The van der Waals surface area contributed by atoms with Crippen LogP contribution in [0.2, 0.25) is 0 Å². The van der Waals surface area contributed by atoms with Gasteiger partial charge in [0.2, 0.25) is 15.9 Å². The zero-order chi connectivity index (χ0) is 14.3. The van der Waals surface area contributed by atoms with Crippen LogP contribution >= 0.6 is 0 Å². The van der Waals surface area contributed by atoms with E-state index in [0.717, 1.165) is 25.5 Å². The smallest absolute Gasteiger partial charge is 0.229 e. The van der Waals surface area contributed by atoms with Crippen LogP contribution in [0.3, 0.4) is 0 Å². The van der Waals surface area contributed by atoms with Crippen LogP contribution in [0.25, 0.3) is 0 Å². The molecule has 0 spiro atoms. The van der Waals surface area contributed by atoms with Gasteiger partial charge in [-0.15, -0.1) is 0 Å². The number of hydrogen-bond donors (Lipinski definition) is 2. The summed E-state index contributed by atoms with van der Waals surface area (Å²) < 4.78 is 24.8. The number of carbonyl (C=O) groups excluding carboxylic acids is 1. The number of unbranched alkanes of at least 4 members (excludes halogenated alkanes) is 2. The maximum atomic E-state index is 11.7. The predicted octanol–water partition coefficient (Wildman–Crippen LogP) is 2.58. The molecule has 0 aliphatic carbocycles. The minimum atomic E-state index is -3.36. The summed E-state index contributed by atoms with van der Waals surface area (Å²) in [6.07, 6.45) is 4.42. The Morgan fingerprint density at radius 1 is 1.16 bits per heavy atom. The van der Waals surface area contributed by atoms with Crippen LogP contribution in [0.1, 0.15) is 32.6 Å². The Morgan fingerprint density at radius 2 is 1.79 bits per heavy atom. The fraction of sp³-hybridized carbons (Fsp3) is 0.462. The van der Waals surface area contributed by atoms with E-state index in [0.29, 0.717) is 17.8 Å². The Hall–Kier alpha value is -1.56. The number of sulfonamides is 1. The third-order valence-corrected chi connectivity index (χ3v) is 3.09. The molecule has 0 radical (unpaired) electrons. The molecule has 19 heavy (non-hydrogen) atoms. The number of para-hydroxylation sites is 2. The van der Waals surface area contributed by atoms with Crippen LogP contribution in [0.15, 0.2) is 24.3 Å². The lowest BCUT2D eigenvalue weighted by molar-refractivity contribution is -0.116. The van der Waals surface area contributed by atoms with E-state index in [4.69, 9.17) is 0 Å². The van der Waals surface area contributed by atoms with Gasteiger partial charge in [0.15, 0.2) is 0 Å². The number of hydrogen-bond acceptors (Lipinski definition) is 3. The number of nitrogens with one attached hydrogen (secondary N) is 2. The Balaban J connectivity index is 2.70. The number of benzene rings is 1. The van der Waals surface area contributed by atoms with Crippen molar-refractivity contribution in [3.8, 4) is 0 Å². The molecule has 2 N–H and O–H groups in total. The molecule has 0 heterocycles. The fourth-order valence-corrected chi connectivity index (χ4v) is 2.21. The van der Waals surface area contributed by atoms with Gasteiger partial charge in [-0.1, -0.05) is 31.9 Å². The van der Waals surface area contributed by atoms with Gasteiger partial charge >= 0.3 is 0 Å². The average molecular weight is 284 g/mol. The molecule has 6 heteroatoms. The molecule has 106 valence electrons. The minimum absolute atomic E-state index is 0.101. The largest absolute Gasteiger partial charge is 0.324 e. The molecule has 0 bridgehead atoms. The molecule has 0 aliphatic heterocycles. The van der Waals surface area contributed by atoms with Gasteiger partial charge in [-0.3, -0.25) is 9.52 Å². The first kappa shape index (κ1) is 15.5. The van der Waals surface area contributed by atoms with Crippen molar-refractivity contribution in [2.24, 2.45) is 0 Å². The fourth-order valence-electron chi connectivity index (χ4n) is 1.63. The SMILES string of the molecule is CCCCCC(=O)Nc1ccccc1NS(C)(=O)=O. The molecular formula is C13H20N2O3S. The molecule has 0 saturated carbocycles. The molecule has 1 aromatic carbocycles. The summed E-state index contributed by atoms with van der Waals surface area (Å²) in [5.74, 6) is -0.101. The standard InChI is InChI=1S/C13H20N2O3S/c1-3-4-5-10-13(16)14-11-8-6-7-9-12(11)15-19(2,17)18/h6-9,15H,3-5,10H2,1-2H3,(H,14,16). The highest BCUT2D eigenvalue weighted by Crippen LogP contribution is 2.22. The van der Waals surface area contributed by atoms with E-state index >= 15 is 0 Å². The normalized spacial score (nSPS) is 11.1. The quantitative estimate of drug-likeness (QED) is 0.756. The van der Waals surface area contributed by atoms with E-state index < -0.39 is 10.0 Å². The van der Waals surface area contributed by atoms with Crippen LogP contribution in [-0.4, -0.2) is 20.6 Å². The average Bonchev–Trinajstić information content (AvgIpc) is 2.30. The lowest BCUT2D eigenvalue weighted by Gasteiger charge is -2.11. The van der Waals surface area contributed by atoms with Gasteiger partial charge in [0, 0.05) is 6.42 Å². The Morgan fingerprint density at radius 3 is 2.37 bits per heavy atom. The van der Waals surface area contributed by atoms with Crippen LogP contribution < -0.4 is 10.0 Å². The highest BCUT2D eigenvalue weighted by molar-refractivity contribution is 7.92. The molecule has 1 rings (SSSR count). The molecule has 0 saturated heterocycles. The van der Waals surface area contributed by atoms with E-state index in [-0.39, 0.29) is 5.91 Å². The second kappa shape index (κ2) is 7.13. The molecule has 0 unspecified atom stereocenters. The van der Waals surface area contributed by atoms with Gasteiger partial charge in [0.05, 0.1) is 17.6 Å². The van der Waals surface area contributed by atoms with Gasteiger partial charge < -0.3 is 5.32 Å². The topological polar surface area (TPSA) is 75.3 Å². The van der Waals surface area contributed by atoms with E-state index in [2.05, 4.69) is 17.0 Å². The first-order chi connectivity index (χ1) is 8.92. The summed E-state index contributed by atoms with van der Waals surface area (Å²) >= 11 is 0. The maximum absolute atomic E-state index is 11.7. The molecular weight excluding hydrogens is 264 g/mol. The number of amides is 1. The van der Waals surface area contributed by atoms with Crippen molar-refractivity contribution in [1.29, 1.82) is 0 Å². The molecule has 1 aromatic rings. The lowest BCUT2D eigenvalue weighted by atomic mass is 10.2. The highest BCUT2D eigenvalue weighted by Gasteiger charge is 2.09. The van der Waals surface area contributed by atoms with Crippen LogP contribution in [0.4, 0.5) is 11.4 Å². The molecule has 1 amide bonds. The molecule has 0 aromatic heterocycles. The minimum Gasteiger partial charge on any atom is -0.324 e. The summed E-state index contributed by atoms with van der Waals surface area (Å²) in [4.78, 5) is 11.7. The van der Waals surface area contributed by atoms with E-state index in [1.165, 1.54) is 0 Å². The number of carbonyl (C=O) groups is 1. The van der Waals surface area contributed by atoms with Crippen LogP contribution in [-0.2, 0) is 14.8 Å². The maximum Gasteiger partial charge on any atom is 0.229 e. The third kappa shape index (κ3) is 6.24. The zero-order valence-electron chi connectivity index (χ0n) is 11.3. The first-order valence-electron chi connectivity index (χ1n) is 6.29. The second-order valence-electron chi connectivity index (χ2n) is 4.43. The monoisotopic (exact) mass is 284 g/mol. The summed E-state index contributed by atoms with van der Waals surface area (Å²) in [6, 6.07) is 6.74. The predicted molar refractivity (Wildman–Crippen MR) is 77.7 cm³/mol. The van der Waals surface area contributed by atoms with Crippen molar-refractivity contribution in [2.75, 3.05) is 16.3 Å². The lowest BCUT2D eigenvalue weighted by Crippen LogP contribution is -2.15. The highest BCUT2D eigenvalue weighted by atomic mass is 32.2. The molecule has 0 fully saturated rings. The van der Waals surface area contributed by atoms with Gasteiger partial charge in [-0.25, -0.2) is 8.42 Å². The Labute approximate surface area is 114 Å². The summed E-state index contributed by atoms with van der Waals surface area (Å²) in [5, 5.41) is 2.73. The van der Waals surface area contributed by atoms with Gasteiger partial charge in [0.1, 0.15) is 0 Å².